The van der Waals surface area contributed by atoms with Gasteiger partial charge in [-0.25, -0.2) is 4.79 Å². The van der Waals surface area contributed by atoms with E-state index in [9.17, 15) is 9.59 Å². The van der Waals surface area contributed by atoms with Gasteiger partial charge in [-0.2, -0.15) is 0 Å². The van der Waals surface area contributed by atoms with Gasteiger partial charge in [0.25, 0.3) is 0 Å². The number of benzene rings is 1. The highest BCUT2D eigenvalue weighted by Crippen LogP contribution is 2.27. The molecule has 0 fully saturated rings. The summed E-state index contributed by atoms with van der Waals surface area (Å²) in [5, 5.41) is 0. The first-order valence-corrected chi connectivity index (χ1v) is 7.77. The average molecular weight is 334 g/mol. The quantitative estimate of drug-likeness (QED) is 0.598. The molecule has 1 aromatic heterocycles. The molecule has 1 aromatic carbocycles. The van der Waals surface area contributed by atoms with Crippen molar-refractivity contribution >= 4 is 23.1 Å². The van der Waals surface area contributed by atoms with Crippen molar-refractivity contribution in [3.05, 3.63) is 45.1 Å². The minimum absolute atomic E-state index is 0.302. The monoisotopic (exact) mass is 334 g/mol. The topological polar surface area (TPSA) is 61.8 Å². The lowest BCUT2D eigenvalue weighted by atomic mass is 10.1. The molecule has 5 nitrogen and oxygen atoms in total. The second-order valence-electron chi connectivity index (χ2n) is 4.90. The number of methoxy groups -OCH3 is 2. The number of hydrogen-bond donors (Lipinski definition) is 0. The van der Waals surface area contributed by atoms with Crippen molar-refractivity contribution in [2.75, 3.05) is 20.8 Å². The van der Waals surface area contributed by atoms with Crippen LogP contribution in [0.1, 0.15) is 30.5 Å². The number of ether oxygens (including phenoxy) is 3. The van der Waals surface area contributed by atoms with E-state index in [-0.39, 0.29) is 12.4 Å². The van der Waals surface area contributed by atoms with Gasteiger partial charge < -0.3 is 14.2 Å². The zero-order chi connectivity index (χ0) is 17.0. The largest absolute Gasteiger partial charge is 0.493 e. The van der Waals surface area contributed by atoms with Gasteiger partial charge in [-0.15, -0.1) is 11.3 Å². The van der Waals surface area contributed by atoms with Crippen LogP contribution in [0.4, 0.5) is 0 Å². The van der Waals surface area contributed by atoms with E-state index in [4.69, 9.17) is 14.2 Å². The number of carbonyl (C=O) groups is 2. The number of thiophene rings is 1. The predicted molar refractivity (Wildman–Crippen MR) is 88.0 cm³/mol. The van der Waals surface area contributed by atoms with Gasteiger partial charge in [-0.05, 0) is 38.1 Å². The minimum Gasteiger partial charge on any atom is -0.493 e. The maximum atomic E-state index is 12.2. The summed E-state index contributed by atoms with van der Waals surface area (Å²) >= 11 is 1.52. The van der Waals surface area contributed by atoms with E-state index in [0.29, 0.717) is 22.6 Å². The first-order chi connectivity index (χ1) is 11.0. The molecule has 0 saturated heterocycles. The van der Waals surface area contributed by atoms with Crippen molar-refractivity contribution in [2.45, 2.75) is 13.8 Å². The smallest absolute Gasteiger partial charge is 0.339 e. The van der Waals surface area contributed by atoms with E-state index in [0.717, 1.165) is 9.75 Å². The van der Waals surface area contributed by atoms with Crippen LogP contribution in [0.25, 0.3) is 0 Å². The zero-order valence-corrected chi connectivity index (χ0v) is 14.3. The van der Waals surface area contributed by atoms with Crippen LogP contribution in [0.2, 0.25) is 0 Å². The molecular weight excluding hydrogens is 316 g/mol. The molecule has 2 aromatic rings. The van der Waals surface area contributed by atoms with E-state index in [1.807, 2.05) is 13.8 Å². The van der Waals surface area contributed by atoms with Gasteiger partial charge in [-0.3, -0.25) is 4.79 Å². The molecule has 0 N–H and O–H groups in total. The molecule has 1 heterocycles. The third-order valence-electron chi connectivity index (χ3n) is 3.30. The summed E-state index contributed by atoms with van der Waals surface area (Å²) in [6.45, 7) is 3.45. The Morgan fingerprint density at radius 3 is 2.30 bits per heavy atom. The number of esters is 1. The van der Waals surface area contributed by atoms with Gasteiger partial charge in [0.15, 0.2) is 23.9 Å². The van der Waals surface area contributed by atoms with Crippen LogP contribution < -0.4 is 9.47 Å². The van der Waals surface area contributed by atoms with E-state index >= 15 is 0 Å². The Labute approximate surface area is 138 Å². The number of rotatable bonds is 6. The minimum atomic E-state index is -0.485. The summed E-state index contributed by atoms with van der Waals surface area (Å²) in [5.41, 5.74) is 0.904. The Kier molecular flexibility index (Phi) is 5.39. The number of aryl methyl sites for hydroxylation is 2. The van der Waals surface area contributed by atoms with Gasteiger partial charge in [0, 0.05) is 15.3 Å². The van der Waals surface area contributed by atoms with Crippen LogP contribution in [-0.2, 0) is 4.74 Å². The molecule has 0 unspecified atom stereocenters. The Hall–Kier alpha value is -2.34. The van der Waals surface area contributed by atoms with Crippen molar-refractivity contribution in [2.24, 2.45) is 0 Å². The number of carbonyl (C=O) groups excluding carboxylic acids is 2. The summed E-state index contributed by atoms with van der Waals surface area (Å²) in [6, 6.07) is 6.58. The average Bonchev–Trinajstić information content (AvgIpc) is 2.90. The molecule has 0 aliphatic heterocycles. The highest BCUT2D eigenvalue weighted by atomic mass is 32.1. The van der Waals surface area contributed by atoms with Crippen molar-refractivity contribution in [3.63, 3.8) is 0 Å². The second-order valence-corrected chi connectivity index (χ2v) is 6.36. The van der Waals surface area contributed by atoms with Crippen LogP contribution in [-0.4, -0.2) is 32.6 Å². The van der Waals surface area contributed by atoms with E-state index in [1.165, 1.54) is 25.6 Å². The molecule has 2 rings (SSSR count). The third kappa shape index (κ3) is 3.90. The van der Waals surface area contributed by atoms with Gasteiger partial charge in [0.1, 0.15) is 0 Å². The summed E-state index contributed by atoms with van der Waals surface area (Å²) in [7, 11) is 3.01. The Morgan fingerprint density at radius 1 is 1.04 bits per heavy atom. The standard InChI is InChI=1S/C17H18O5S/c1-10-7-13(11(2)23-10)17(19)22-9-14(18)12-5-6-15(20-3)16(8-12)21-4/h5-8H,9H2,1-4H3. The summed E-state index contributed by atoms with van der Waals surface area (Å²) < 4.78 is 15.4. The van der Waals surface area contributed by atoms with Crippen LogP contribution >= 0.6 is 11.3 Å². The summed E-state index contributed by atoms with van der Waals surface area (Å²) in [6.07, 6.45) is 0. The third-order valence-corrected chi connectivity index (χ3v) is 4.27. The summed E-state index contributed by atoms with van der Waals surface area (Å²) in [4.78, 5) is 26.1. The lowest BCUT2D eigenvalue weighted by molar-refractivity contribution is 0.0474. The van der Waals surface area contributed by atoms with E-state index in [2.05, 4.69) is 0 Å². The maximum Gasteiger partial charge on any atom is 0.339 e. The molecule has 23 heavy (non-hydrogen) atoms. The highest BCUT2D eigenvalue weighted by Gasteiger charge is 2.16. The van der Waals surface area contributed by atoms with Crippen molar-refractivity contribution in [1.82, 2.24) is 0 Å². The molecule has 122 valence electrons. The van der Waals surface area contributed by atoms with Gasteiger partial charge >= 0.3 is 5.97 Å². The van der Waals surface area contributed by atoms with Gasteiger partial charge in [0.2, 0.25) is 0 Å². The molecular formula is C17H18O5S. The molecule has 0 spiro atoms. The fourth-order valence-corrected chi connectivity index (χ4v) is 3.05. The predicted octanol–water partition coefficient (Wildman–Crippen LogP) is 3.42. The first-order valence-electron chi connectivity index (χ1n) is 6.95. The van der Waals surface area contributed by atoms with Gasteiger partial charge in [0.05, 0.1) is 19.8 Å². The number of ketones is 1. The molecule has 6 heteroatoms. The highest BCUT2D eigenvalue weighted by molar-refractivity contribution is 7.12. The molecule has 0 aliphatic rings. The molecule has 0 saturated carbocycles. The van der Waals surface area contributed by atoms with Crippen molar-refractivity contribution in [1.29, 1.82) is 0 Å². The molecule has 0 aliphatic carbocycles. The van der Waals surface area contributed by atoms with Crippen LogP contribution in [0.15, 0.2) is 24.3 Å². The van der Waals surface area contributed by atoms with Crippen LogP contribution in [0.3, 0.4) is 0 Å². The Morgan fingerprint density at radius 2 is 1.74 bits per heavy atom. The lowest BCUT2D eigenvalue weighted by Gasteiger charge is -2.09. The molecule has 0 bridgehead atoms. The molecule has 0 atom stereocenters. The lowest BCUT2D eigenvalue weighted by Crippen LogP contribution is -2.14. The number of Topliss-reactive ketones (excluding diaryl/α,β-unsaturated/α-hetero) is 1. The van der Waals surface area contributed by atoms with E-state index in [1.54, 1.807) is 24.3 Å². The second kappa shape index (κ2) is 7.28. The fourth-order valence-electron chi connectivity index (χ4n) is 2.14. The van der Waals surface area contributed by atoms with Crippen LogP contribution in [0, 0.1) is 13.8 Å². The van der Waals surface area contributed by atoms with Crippen molar-refractivity contribution in [3.8, 4) is 11.5 Å². The Bertz CT molecular complexity index is 733. The Balaban J connectivity index is 2.05. The molecule has 0 radical (unpaired) electrons. The SMILES string of the molecule is COc1ccc(C(=O)COC(=O)c2cc(C)sc2C)cc1OC. The number of hydrogen-bond acceptors (Lipinski definition) is 6. The zero-order valence-electron chi connectivity index (χ0n) is 13.5. The molecule has 0 amide bonds. The fraction of sp³-hybridized carbons (Fsp3) is 0.294. The normalized spacial score (nSPS) is 10.3. The van der Waals surface area contributed by atoms with E-state index < -0.39 is 5.97 Å². The first kappa shape index (κ1) is 17.0. The van der Waals surface area contributed by atoms with Gasteiger partial charge in [-0.1, -0.05) is 0 Å². The van der Waals surface area contributed by atoms with Crippen molar-refractivity contribution < 1.29 is 23.8 Å². The summed E-state index contributed by atoms with van der Waals surface area (Å²) in [5.74, 6) is 0.198. The van der Waals surface area contributed by atoms with Crippen LogP contribution in [0.5, 0.6) is 11.5 Å². The maximum absolute atomic E-state index is 12.2.